The van der Waals surface area contributed by atoms with Crippen LogP contribution < -0.4 is 0 Å². The van der Waals surface area contributed by atoms with E-state index in [0.717, 1.165) is 17.8 Å². The van der Waals surface area contributed by atoms with Gasteiger partial charge in [-0.2, -0.15) is 0 Å². The average Bonchev–Trinajstić information content (AvgIpc) is 1.83. The van der Waals surface area contributed by atoms with Crippen LogP contribution in [-0.4, -0.2) is 0 Å². The zero-order valence-corrected chi connectivity index (χ0v) is 6.85. The number of rotatable bonds is 0. The Kier molecular flexibility index (Phi) is 2.15. The molecule has 2 atom stereocenters. The standard InChI is InChI=1S/C9H18/c1-7-5-4-6-8(2)9(7)3/h7-9H,4-6H2,1-3H3/t7-,8-/m1/s1. The quantitative estimate of drug-likeness (QED) is 0.468. The summed E-state index contributed by atoms with van der Waals surface area (Å²) in [4.78, 5) is 0. The maximum atomic E-state index is 2.40. The SMILES string of the molecule is CC1[C@H](C)CCC[C@H]1C. The molecule has 1 fully saturated rings. The lowest BCUT2D eigenvalue weighted by molar-refractivity contribution is 0.197. The molecule has 54 valence electrons. The van der Waals surface area contributed by atoms with Crippen LogP contribution in [0.2, 0.25) is 0 Å². The van der Waals surface area contributed by atoms with Crippen LogP contribution in [0.1, 0.15) is 40.0 Å². The molecular formula is C9H18. The summed E-state index contributed by atoms with van der Waals surface area (Å²) in [6.07, 6.45) is 4.39. The molecule has 0 spiro atoms. The van der Waals surface area contributed by atoms with Gasteiger partial charge in [-0.05, 0) is 17.8 Å². The van der Waals surface area contributed by atoms with Gasteiger partial charge in [-0.25, -0.2) is 0 Å². The lowest BCUT2D eigenvalue weighted by atomic mass is 9.75. The van der Waals surface area contributed by atoms with Crippen molar-refractivity contribution in [2.45, 2.75) is 40.0 Å². The molecule has 9 heavy (non-hydrogen) atoms. The van der Waals surface area contributed by atoms with Gasteiger partial charge in [0.2, 0.25) is 0 Å². The Bertz CT molecular complexity index is 76.0. The summed E-state index contributed by atoms with van der Waals surface area (Å²) in [6.45, 7) is 7.18. The van der Waals surface area contributed by atoms with Crippen LogP contribution in [0.4, 0.5) is 0 Å². The minimum absolute atomic E-state index is 0.971. The third-order valence-electron chi connectivity index (χ3n) is 3.11. The van der Waals surface area contributed by atoms with Crippen LogP contribution in [0, 0.1) is 17.8 Å². The Labute approximate surface area is 58.7 Å². The molecule has 0 nitrogen and oxygen atoms in total. The predicted molar refractivity (Wildman–Crippen MR) is 41.3 cm³/mol. The van der Waals surface area contributed by atoms with Crippen molar-refractivity contribution in [3.8, 4) is 0 Å². The van der Waals surface area contributed by atoms with Crippen molar-refractivity contribution in [1.82, 2.24) is 0 Å². The molecule has 1 saturated carbocycles. The van der Waals surface area contributed by atoms with E-state index in [4.69, 9.17) is 0 Å². The summed E-state index contributed by atoms with van der Waals surface area (Å²) in [5.41, 5.74) is 0. The van der Waals surface area contributed by atoms with Gasteiger partial charge in [0.1, 0.15) is 0 Å². The Balaban J connectivity index is 2.41. The highest BCUT2D eigenvalue weighted by Crippen LogP contribution is 2.33. The minimum atomic E-state index is 0.971. The maximum absolute atomic E-state index is 2.40. The van der Waals surface area contributed by atoms with Crippen LogP contribution in [-0.2, 0) is 0 Å². The first-order valence-electron chi connectivity index (χ1n) is 4.22. The first kappa shape index (κ1) is 7.11. The van der Waals surface area contributed by atoms with E-state index in [2.05, 4.69) is 20.8 Å². The van der Waals surface area contributed by atoms with E-state index < -0.39 is 0 Å². The van der Waals surface area contributed by atoms with Gasteiger partial charge in [-0.3, -0.25) is 0 Å². The van der Waals surface area contributed by atoms with Gasteiger partial charge in [0.15, 0.2) is 0 Å². The van der Waals surface area contributed by atoms with Crippen molar-refractivity contribution < 1.29 is 0 Å². The van der Waals surface area contributed by atoms with Crippen molar-refractivity contribution in [1.29, 1.82) is 0 Å². The Hall–Kier alpha value is 0. The number of hydrogen-bond donors (Lipinski definition) is 0. The van der Waals surface area contributed by atoms with Gasteiger partial charge in [-0.1, -0.05) is 40.0 Å². The molecule has 0 amide bonds. The van der Waals surface area contributed by atoms with Crippen molar-refractivity contribution >= 4 is 0 Å². The second-order valence-electron chi connectivity index (χ2n) is 3.74. The van der Waals surface area contributed by atoms with Crippen molar-refractivity contribution in [2.75, 3.05) is 0 Å². The maximum Gasteiger partial charge on any atom is -0.0391 e. The largest absolute Gasteiger partial charge is 0.0622 e. The first-order valence-corrected chi connectivity index (χ1v) is 4.22. The van der Waals surface area contributed by atoms with E-state index in [0.29, 0.717) is 0 Å². The molecule has 0 bridgehead atoms. The van der Waals surface area contributed by atoms with Crippen LogP contribution >= 0.6 is 0 Å². The van der Waals surface area contributed by atoms with Crippen molar-refractivity contribution in [2.24, 2.45) is 17.8 Å². The van der Waals surface area contributed by atoms with Crippen LogP contribution in [0.5, 0.6) is 0 Å². The van der Waals surface area contributed by atoms with E-state index >= 15 is 0 Å². The smallest absolute Gasteiger partial charge is 0.0391 e. The van der Waals surface area contributed by atoms with Crippen molar-refractivity contribution in [3.63, 3.8) is 0 Å². The van der Waals surface area contributed by atoms with E-state index in [9.17, 15) is 0 Å². The van der Waals surface area contributed by atoms with E-state index in [1.165, 1.54) is 19.3 Å². The summed E-state index contributed by atoms with van der Waals surface area (Å²) >= 11 is 0. The van der Waals surface area contributed by atoms with Crippen LogP contribution in [0.15, 0.2) is 0 Å². The third-order valence-corrected chi connectivity index (χ3v) is 3.11. The molecule has 0 aromatic heterocycles. The topological polar surface area (TPSA) is 0 Å². The van der Waals surface area contributed by atoms with E-state index in [1.807, 2.05) is 0 Å². The molecule has 0 N–H and O–H groups in total. The van der Waals surface area contributed by atoms with Gasteiger partial charge in [0.05, 0.1) is 0 Å². The average molecular weight is 126 g/mol. The van der Waals surface area contributed by atoms with Crippen LogP contribution in [0.25, 0.3) is 0 Å². The molecule has 0 heterocycles. The van der Waals surface area contributed by atoms with E-state index in [-0.39, 0.29) is 0 Å². The zero-order valence-electron chi connectivity index (χ0n) is 6.85. The fourth-order valence-electron chi connectivity index (χ4n) is 1.85. The highest BCUT2D eigenvalue weighted by Gasteiger charge is 2.22. The minimum Gasteiger partial charge on any atom is -0.0622 e. The first-order chi connectivity index (χ1) is 4.22. The normalized spacial score (nSPS) is 39.0. The summed E-state index contributed by atoms with van der Waals surface area (Å²) in [5, 5.41) is 0. The van der Waals surface area contributed by atoms with Crippen LogP contribution in [0.3, 0.4) is 0 Å². The van der Waals surface area contributed by atoms with Gasteiger partial charge in [0, 0.05) is 0 Å². The van der Waals surface area contributed by atoms with Crippen molar-refractivity contribution in [3.05, 3.63) is 0 Å². The molecule has 1 rings (SSSR count). The monoisotopic (exact) mass is 126 g/mol. The molecule has 0 unspecified atom stereocenters. The molecular weight excluding hydrogens is 108 g/mol. The molecule has 0 heteroatoms. The second kappa shape index (κ2) is 2.72. The van der Waals surface area contributed by atoms with Gasteiger partial charge < -0.3 is 0 Å². The Morgan fingerprint density at radius 3 is 1.67 bits per heavy atom. The Morgan fingerprint density at radius 1 is 0.889 bits per heavy atom. The summed E-state index contributed by atoms with van der Waals surface area (Å²) < 4.78 is 0. The lowest BCUT2D eigenvalue weighted by Gasteiger charge is -2.31. The zero-order chi connectivity index (χ0) is 6.85. The van der Waals surface area contributed by atoms with Gasteiger partial charge in [-0.15, -0.1) is 0 Å². The number of hydrogen-bond acceptors (Lipinski definition) is 0. The molecule has 0 aromatic carbocycles. The Morgan fingerprint density at radius 2 is 1.33 bits per heavy atom. The third kappa shape index (κ3) is 1.47. The molecule has 1 aliphatic rings. The van der Waals surface area contributed by atoms with Gasteiger partial charge >= 0.3 is 0 Å². The second-order valence-corrected chi connectivity index (χ2v) is 3.74. The van der Waals surface area contributed by atoms with Gasteiger partial charge in [0.25, 0.3) is 0 Å². The predicted octanol–water partition coefficient (Wildman–Crippen LogP) is 3.08. The molecule has 0 saturated heterocycles. The lowest BCUT2D eigenvalue weighted by Crippen LogP contribution is -2.21. The highest BCUT2D eigenvalue weighted by atomic mass is 14.3. The highest BCUT2D eigenvalue weighted by molar-refractivity contribution is 4.73. The summed E-state index contributed by atoms with van der Waals surface area (Å²) in [7, 11) is 0. The summed E-state index contributed by atoms with van der Waals surface area (Å²) in [6, 6.07) is 0. The van der Waals surface area contributed by atoms with E-state index in [1.54, 1.807) is 0 Å². The fourth-order valence-corrected chi connectivity index (χ4v) is 1.85. The molecule has 0 aromatic rings. The fraction of sp³-hybridized carbons (Fsp3) is 1.00. The molecule has 0 aliphatic heterocycles. The molecule has 1 aliphatic carbocycles. The molecule has 0 radical (unpaired) electrons. The summed E-state index contributed by atoms with van der Waals surface area (Å²) in [5.74, 6) is 2.93.